The summed E-state index contributed by atoms with van der Waals surface area (Å²) >= 11 is 5.75. The van der Waals surface area contributed by atoms with Gasteiger partial charge >= 0.3 is 0 Å². The van der Waals surface area contributed by atoms with Crippen LogP contribution in [0.25, 0.3) is 0 Å². The smallest absolute Gasteiger partial charge is 0.141 e. The van der Waals surface area contributed by atoms with E-state index >= 15 is 0 Å². The maximum atomic E-state index is 13.0. The lowest BCUT2D eigenvalue weighted by Gasteiger charge is -2.17. The molecule has 1 N–H and O–H groups in total. The van der Waals surface area contributed by atoms with Crippen LogP contribution >= 0.6 is 11.6 Å². The van der Waals surface area contributed by atoms with Gasteiger partial charge in [-0.2, -0.15) is 0 Å². The number of methoxy groups -OCH3 is 1. The molecular weight excluding hydrogens is 241 g/mol. The largest absolute Gasteiger partial charge is 0.383 e. The number of nitrogens with one attached hydrogen (secondary N) is 1. The zero-order chi connectivity index (χ0) is 12.7. The quantitative estimate of drug-likeness (QED) is 0.813. The lowest BCUT2D eigenvalue weighted by molar-refractivity contribution is 0.166. The van der Waals surface area contributed by atoms with E-state index in [9.17, 15) is 4.39 Å². The van der Waals surface area contributed by atoms with Crippen LogP contribution in [0.3, 0.4) is 0 Å². The fraction of sp³-hybridized carbons (Fsp3) is 0.538. The van der Waals surface area contributed by atoms with Crippen molar-refractivity contribution in [1.82, 2.24) is 5.32 Å². The van der Waals surface area contributed by atoms with Gasteiger partial charge in [0.25, 0.3) is 0 Å². The van der Waals surface area contributed by atoms with Crippen molar-refractivity contribution in [3.63, 3.8) is 0 Å². The molecule has 17 heavy (non-hydrogen) atoms. The maximum Gasteiger partial charge on any atom is 0.141 e. The third kappa shape index (κ3) is 5.02. The van der Waals surface area contributed by atoms with E-state index in [1.807, 2.05) is 0 Å². The molecule has 0 radical (unpaired) electrons. The van der Waals surface area contributed by atoms with Crippen molar-refractivity contribution in [2.75, 3.05) is 20.3 Å². The number of ether oxygens (including phenoxy) is 1. The molecule has 0 amide bonds. The Labute approximate surface area is 107 Å². The fourth-order valence-electron chi connectivity index (χ4n) is 1.69. The molecule has 0 aliphatic rings. The summed E-state index contributed by atoms with van der Waals surface area (Å²) < 4.78 is 18.2. The first-order valence-electron chi connectivity index (χ1n) is 5.83. The Balaban J connectivity index is 2.61. The predicted molar refractivity (Wildman–Crippen MR) is 69.1 cm³/mol. The van der Waals surface area contributed by atoms with Crippen LogP contribution in [0.15, 0.2) is 18.2 Å². The van der Waals surface area contributed by atoms with Crippen molar-refractivity contribution in [2.45, 2.75) is 25.8 Å². The van der Waals surface area contributed by atoms with Gasteiger partial charge in [0.1, 0.15) is 5.82 Å². The van der Waals surface area contributed by atoms with Gasteiger partial charge in [0.05, 0.1) is 11.6 Å². The summed E-state index contributed by atoms with van der Waals surface area (Å²) in [6.07, 6.45) is 1.86. The Hall–Kier alpha value is -0.640. The highest BCUT2D eigenvalue weighted by Gasteiger charge is 2.09. The SMILES string of the molecule is CCCNC(COC)Cc1ccc(F)c(Cl)c1. The molecule has 0 heterocycles. The Bertz CT molecular complexity index is 346. The lowest BCUT2D eigenvalue weighted by atomic mass is 10.1. The molecule has 0 fully saturated rings. The molecule has 0 saturated heterocycles. The molecule has 4 heteroatoms. The number of hydrogen-bond donors (Lipinski definition) is 1. The van der Waals surface area contributed by atoms with Gasteiger partial charge in [-0.05, 0) is 37.1 Å². The molecule has 1 unspecified atom stereocenters. The van der Waals surface area contributed by atoms with E-state index in [0.29, 0.717) is 6.61 Å². The number of halogens is 2. The summed E-state index contributed by atoms with van der Waals surface area (Å²) in [4.78, 5) is 0. The Morgan fingerprint density at radius 3 is 2.82 bits per heavy atom. The highest BCUT2D eigenvalue weighted by Crippen LogP contribution is 2.17. The molecule has 0 aliphatic heterocycles. The number of benzene rings is 1. The van der Waals surface area contributed by atoms with Gasteiger partial charge in [0, 0.05) is 13.2 Å². The predicted octanol–water partition coefficient (Wildman–Crippen LogP) is 3.04. The molecule has 0 bridgehead atoms. The van der Waals surface area contributed by atoms with Crippen molar-refractivity contribution in [2.24, 2.45) is 0 Å². The number of rotatable bonds is 7. The van der Waals surface area contributed by atoms with E-state index in [2.05, 4.69) is 12.2 Å². The minimum atomic E-state index is -0.375. The van der Waals surface area contributed by atoms with E-state index in [4.69, 9.17) is 16.3 Å². The van der Waals surface area contributed by atoms with Crippen LogP contribution in [-0.4, -0.2) is 26.3 Å². The van der Waals surface area contributed by atoms with Crippen molar-refractivity contribution in [1.29, 1.82) is 0 Å². The van der Waals surface area contributed by atoms with Crippen LogP contribution < -0.4 is 5.32 Å². The van der Waals surface area contributed by atoms with E-state index in [1.165, 1.54) is 6.07 Å². The van der Waals surface area contributed by atoms with Gasteiger partial charge in [-0.3, -0.25) is 0 Å². The van der Waals surface area contributed by atoms with Gasteiger partial charge in [0.15, 0.2) is 0 Å². The minimum Gasteiger partial charge on any atom is -0.383 e. The van der Waals surface area contributed by atoms with Crippen molar-refractivity contribution < 1.29 is 9.13 Å². The summed E-state index contributed by atoms with van der Waals surface area (Å²) in [6.45, 7) is 3.70. The summed E-state index contributed by atoms with van der Waals surface area (Å²) in [5.41, 5.74) is 1.02. The molecule has 0 aromatic heterocycles. The summed E-state index contributed by atoms with van der Waals surface area (Å²) in [5.74, 6) is -0.375. The zero-order valence-electron chi connectivity index (χ0n) is 10.3. The first-order chi connectivity index (χ1) is 8.17. The number of hydrogen-bond acceptors (Lipinski definition) is 2. The molecule has 0 spiro atoms. The fourth-order valence-corrected chi connectivity index (χ4v) is 1.89. The first-order valence-corrected chi connectivity index (χ1v) is 6.21. The minimum absolute atomic E-state index is 0.175. The average Bonchev–Trinajstić information content (AvgIpc) is 2.31. The topological polar surface area (TPSA) is 21.3 Å². The zero-order valence-corrected chi connectivity index (χ0v) is 11.1. The Morgan fingerprint density at radius 1 is 1.47 bits per heavy atom. The van der Waals surface area contributed by atoms with E-state index in [-0.39, 0.29) is 16.9 Å². The normalized spacial score (nSPS) is 12.7. The average molecular weight is 260 g/mol. The molecule has 96 valence electrons. The third-order valence-electron chi connectivity index (χ3n) is 2.52. The molecule has 1 rings (SSSR count). The van der Waals surface area contributed by atoms with E-state index in [0.717, 1.165) is 24.9 Å². The van der Waals surface area contributed by atoms with Crippen LogP contribution in [0.4, 0.5) is 4.39 Å². The van der Waals surface area contributed by atoms with Crippen LogP contribution in [0.1, 0.15) is 18.9 Å². The Kier molecular flexibility index (Phi) is 6.48. The van der Waals surface area contributed by atoms with Crippen molar-refractivity contribution in [3.05, 3.63) is 34.6 Å². The molecule has 1 aromatic carbocycles. The standard InChI is InChI=1S/C13H19ClFNO/c1-3-6-16-11(9-17-2)7-10-4-5-13(15)12(14)8-10/h4-5,8,11,16H,3,6-7,9H2,1-2H3. The van der Waals surface area contributed by atoms with Gasteiger partial charge in [-0.25, -0.2) is 4.39 Å². The molecular formula is C13H19ClFNO. The molecule has 2 nitrogen and oxygen atoms in total. The highest BCUT2D eigenvalue weighted by molar-refractivity contribution is 6.30. The monoisotopic (exact) mass is 259 g/mol. The van der Waals surface area contributed by atoms with Crippen molar-refractivity contribution in [3.8, 4) is 0 Å². The van der Waals surface area contributed by atoms with Gasteiger partial charge in [-0.1, -0.05) is 24.6 Å². The summed E-state index contributed by atoms with van der Waals surface area (Å²) in [5, 5.41) is 3.57. The second-order valence-electron chi connectivity index (χ2n) is 4.06. The van der Waals surface area contributed by atoms with Crippen LogP contribution in [-0.2, 0) is 11.2 Å². The molecule has 1 atom stereocenters. The second kappa shape index (κ2) is 7.64. The maximum absolute atomic E-state index is 13.0. The van der Waals surface area contributed by atoms with Crippen molar-refractivity contribution >= 4 is 11.6 Å². The summed E-state index contributed by atoms with van der Waals surface area (Å²) in [7, 11) is 1.68. The third-order valence-corrected chi connectivity index (χ3v) is 2.81. The van der Waals surface area contributed by atoms with Gasteiger partial charge in [0.2, 0.25) is 0 Å². The van der Waals surface area contributed by atoms with Gasteiger partial charge in [-0.15, -0.1) is 0 Å². The highest BCUT2D eigenvalue weighted by atomic mass is 35.5. The van der Waals surface area contributed by atoms with Crippen LogP contribution in [0, 0.1) is 5.82 Å². The molecule has 0 aliphatic carbocycles. The second-order valence-corrected chi connectivity index (χ2v) is 4.47. The first kappa shape index (κ1) is 14.4. The Morgan fingerprint density at radius 2 is 2.24 bits per heavy atom. The van der Waals surface area contributed by atoms with Crippen LogP contribution in [0.5, 0.6) is 0 Å². The van der Waals surface area contributed by atoms with E-state index < -0.39 is 0 Å². The molecule has 1 aromatic rings. The molecule has 0 saturated carbocycles. The summed E-state index contributed by atoms with van der Waals surface area (Å²) in [6, 6.07) is 5.08. The van der Waals surface area contributed by atoms with E-state index in [1.54, 1.807) is 19.2 Å². The van der Waals surface area contributed by atoms with Crippen LogP contribution in [0.2, 0.25) is 5.02 Å². The van der Waals surface area contributed by atoms with Gasteiger partial charge < -0.3 is 10.1 Å². The lowest BCUT2D eigenvalue weighted by Crippen LogP contribution is -2.35.